The quantitative estimate of drug-likeness (QED) is 0.568. The standard InChI is InChI=1S/C18H15N5/c1-12-11-13(2)23(22-12)18-15-5-3-4-6-16(15)20-17(21-18)14-7-9-19-10-8-14/h3-11H,1-2H3. The molecular formula is C18H15N5. The lowest BCUT2D eigenvalue weighted by Crippen LogP contribution is -2.05. The highest BCUT2D eigenvalue weighted by atomic mass is 15.3. The normalized spacial score (nSPS) is 11.0. The second-order valence-electron chi connectivity index (χ2n) is 5.46. The summed E-state index contributed by atoms with van der Waals surface area (Å²) in [5, 5.41) is 5.56. The number of hydrogen-bond donors (Lipinski definition) is 0. The molecule has 0 N–H and O–H groups in total. The Morgan fingerprint density at radius 3 is 2.43 bits per heavy atom. The zero-order chi connectivity index (χ0) is 15.8. The van der Waals surface area contributed by atoms with Gasteiger partial charge in [-0.05, 0) is 44.2 Å². The third-order valence-corrected chi connectivity index (χ3v) is 3.73. The number of rotatable bonds is 2. The molecule has 0 bridgehead atoms. The molecule has 0 saturated carbocycles. The van der Waals surface area contributed by atoms with Crippen LogP contribution in [0.25, 0.3) is 28.1 Å². The molecule has 23 heavy (non-hydrogen) atoms. The van der Waals surface area contributed by atoms with E-state index in [0.717, 1.165) is 33.7 Å². The van der Waals surface area contributed by atoms with Gasteiger partial charge >= 0.3 is 0 Å². The molecule has 4 aromatic rings. The lowest BCUT2D eigenvalue weighted by molar-refractivity contribution is 0.811. The Hall–Kier alpha value is -3.08. The predicted molar refractivity (Wildman–Crippen MR) is 89.4 cm³/mol. The Balaban J connectivity index is 2.04. The summed E-state index contributed by atoms with van der Waals surface area (Å²) < 4.78 is 1.88. The molecule has 0 unspecified atom stereocenters. The van der Waals surface area contributed by atoms with Crippen molar-refractivity contribution in [3.63, 3.8) is 0 Å². The molecule has 3 heterocycles. The van der Waals surface area contributed by atoms with Gasteiger partial charge in [-0.1, -0.05) is 12.1 Å². The van der Waals surface area contributed by atoms with E-state index in [9.17, 15) is 0 Å². The van der Waals surface area contributed by atoms with E-state index in [-0.39, 0.29) is 0 Å². The average Bonchev–Trinajstić information content (AvgIpc) is 2.93. The van der Waals surface area contributed by atoms with Crippen molar-refractivity contribution in [1.29, 1.82) is 0 Å². The molecule has 0 radical (unpaired) electrons. The SMILES string of the molecule is Cc1cc(C)n(-c2nc(-c3ccncc3)nc3ccccc23)n1. The van der Waals surface area contributed by atoms with Gasteiger partial charge < -0.3 is 0 Å². The summed E-state index contributed by atoms with van der Waals surface area (Å²) in [6.45, 7) is 4.01. The van der Waals surface area contributed by atoms with Crippen LogP contribution < -0.4 is 0 Å². The minimum Gasteiger partial charge on any atom is -0.265 e. The average molecular weight is 301 g/mol. The first kappa shape index (κ1) is 13.6. The molecule has 1 aromatic carbocycles. The number of nitrogens with zero attached hydrogens (tertiary/aromatic N) is 5. The van der Waals surface area contributed by atoms with Crippen LogP contribution in [0.4, 0.5) is 0 Å². The highest BCUT2D eigenvalue weighted by Crippen LogP contribution is 2.24. The topological polar surface area (TPSA) is 56.5 Å². The Bertz CT molecular complexity index is 989. The molecule has 0 saturated heterocycles. The fourth-order valence-electron chi connectivity index (χ4n) is 2.69. The molecule has 3 aromatic heterocycles. The first-order valence-corrected chi connectivity index (χ1v) is 7.43. The molecule has 4 rings (SSSR count). The number of pyridine rings is 1. The fraction of sp³-hybridized carbons (Fsp3) is 0.111. The highest BCUT2D eigenvalue weighted by Gasteiger charge is 2.13. The number of aryl methyl sites for hydroxylation is 2. The van der Waals surface area contributed by atoms with Gasteiger partial charge in [-0.2, -0.15) is 5.10 Å². The van der Waals surface area contributed by atoms with Crippen LogP contribution in [-0.2, 0) is 0 Å². The van der Waals surface area contributed by atoms with E-state index in [1.807, 2.05) is 61.0 Å². The van der Waals surface area contributed by atoms with Gasteiger partial charge in [0.15, 0.2) is 11.6 Å². The molecule has 0 fully saturated rings. The van der Waals surface area contributed by atoms with Crippen molar-refractivity contribution in [3.05, 3.63) is 66.2 Å². The van der Waals surface area contributed by atoms with Crippen LogP contribution in [0.1, 0.15) is 11.4 Å². The highest BCUT2D eigenvalue weighted by molar-refractivity contribution is 5.87. The molecule has 0 aliphatic heterocycles. The minimum absolute atomic E-state index is 0.675. The largest absolute Gasteiger partial charge is 0.265 e. The smallest absolute Gasteiger partial charge is 0.165 e. The molecule has 0 atom stereocenters. The second kappa shape index (κ2) is 5.28. The summed E-state index contributed by atoms with van der Waals surface area (Å²) in [7, 11) is 0. The summed E-state index contributed by atoms with van der Waals surface area (Å²) in [6.07, 6.45) is 3.49. The van der Waals surface area contributed by atoms with Crippen LogP contribution in [0, 0.1) is 13.8 Å². The summed E-state index contributed by atoms with van der Waals surface area (Å²) in [4.78, 5) is 13.5. The second-order valence-corrected chi connectivity index (χ2v) is 5.46. The van der Waals surface area contributed by atoms with Gasteiger partial charge in [0.1, 0.15) is 0 Å². The summed E-state index contributed by atoms with van der Waals surface area (Å²) in [5.41, 5.74) is 3.85. The van der Waals surface area contributed by atoms with E-state index in [0.29, 0.717) is 5.82 Å². The van der Waals surface area contributed by atoms with Crippen molar-refractivity contribution in [2.24, 2.45) is 0 Å². The van der Waals surface area contributed by atoms with Crippen LogP contribution in [0.3, 0.4) is 0 Å². The molecule has 0 aliphatic carbocycles. The number of aromatic nitrogens is 5. The van der Waals surface area contributed by atoms with Gasteiger partial charge in [-0.15, -0.1) is 0 Å². The van der Waals surface area contributed by atoms with Gasteiger partial charge in [0, 0.05) is 29.0 Å². The molecule has 0 spiro atoms. The maximum Gasteiger partial charge on any atom is 0.165 e. The molecule has 112 valence electrons. The Kier molecular flexibility index (Phi) is 3.12. The van der Waals surface area contributed by atoms with Crippen LogP contribution in [0.15, 0.2) is 54.9 Å². The minimum atomic E-state index is 0.675. The summed E-state index contributed by atoms with van der Waals surface area (Å²) in [5.74, 6) is 1.47. The van der Waals surface area contributed by atoms with Crippen molar-refractivity contribution in [2.45, 2.75) is 13.8 Å². The van der Waals surface area contributed by atoms with Crippen molar-refractivity contribution in [1.82, 2.24) is 24.7 Å². The Morgan fingerprint density at radius 2 is 1.70 bits per heavy atom. The van der Waals surface area contributed by atoms with Gasteiger partial charge in [0.05, 0.1) is 11.2 Å². The van der Waals surface area contributed by atoms with Crippen LogP contribution >= 0.6 is 0 Å². The zero-order valence-electron chi connectivity index (χ0n) is 12.9. The van der Waals surface area contributed by atoms with Crippen molar-refractivity contribution in [3.8, 4) is 17.2 Å². The van der Waals surface area contributed by atoms with Gasteiger partial charge in [0.2, 0.25) is 0 Å². The molecular weight excluding hydrogens is 286 g/mol. The third-order valence-electron chi connectivity index (χ3n) is 3.73. The molecule has 0 aliphatic rings. The predicted octanol–water partition coefficient (Wildman–Crippen LogP) is 3.49. The maximum absolute atomic E-state index is 4.78. The third kappa shape index (κ3) is 2.36. The van der Waals surface area contributed by atoms with E-state index >= 15 is 0 Å². The van der Waals surface area contributed by atoms with E-state index in [1.165, 1.54) is 0 Å². The first-order chi connectivity index (χ1) is 11.2. The number of fused-ring (bicyclic) bond motifs is 1. The summed E-state index contributed by atoms with van der Waals surface area (Å²) in [6, 6.07) is 13.9. The van der Waals surface area contributed by atoms with E-state index in [1.54, 1.807) is 12.4 Å². The number of hydrogen-bond acceptors (Lipinski definition) is 4. The Labute approximate surface area is 133 Å². The van der Waals surface area contributed by atoms with Gasteiger partial charge in [0.25, 0.3) is 0 Å². The van der Waals surface area contributed by atoms with Gasteiger partial charge in [-0.25, -0.2) is 14.6 Å². The van der Waals surface area contributed by atoms with E-state index in [4.69, 9.17) is 4.98 Å². The monoisotopic (exact) mass is 301 g/mol. The van der Waals surface area contributed by atoms with Crippen LogP contribution in [0.2, 0.25) is 0 Å². The van der Waals surface area contributed by atoms with Gasteiger partial charge in [-0.3, -0.25) is 4.98 Å². The molecule has 5 nitrogen and oxygen atoms in total. The van der Waals surface area contributed by atoms with E-state index < -0.39 is 0 Å². The summed E-state index contributed by atoms with van der Waals surface area (Å²) >= 11 is 0. The van der Waals surface area contributed by atoms with E-state index in [2.05, 4.69) is 15.1 Å². The van der Waals surface area contributed by atoms with Crippen LogP contribution in [0.5, 0.6) is 0 Å². The zero-order valence-corrected chi connectivity index (χ0v) is 12.9. The number of para-hydroxylation sites is 1. The van der Waals surface area contributed by atoms with Crippen LogP contribution in [-0.4, -0.2) is 24.7 Å². The number of benzene rings is 1. The lowest BCUT2D eigenvalue weighted by atomic mass is 10.2. The van der Waals surface area contributed by atoms with Crippen molar-refractivity contribution in [2.75, 3.05) is 0 Å². The van der Waals surface area contributed by atoms with Crippen molar-refractivity contribution >= 4 is 10.9 Å². The fourth-order valence-corrected chi connectivity index (χ4v) is 2.69. The first-order valence-electron chi connectivity index (χ1n) is 7.43. The van der Waals surface area contributed by atoms with Crippen molar-refractivity contribution < 1.29 is 0 Å². The molecule has 0 amide bonds. The molecule has 5 heteroatoms. The lowest BCUT2D eigenvalue weighted by Gasteiger charge is -2.10. The Morgan fingerprint density at radius 1 is 0.913 bits per heavy atom. The maximum atomic E-state index is 4.78.